The van der Waals surface area contributed by atoms with E-state index in [2.05, 4.69) is 49.2 Å². The fourth-order valence-electron chi connectivity index (χ4n) is 2.93. The third-order valence-corrected chi connectivity index (χ3v) is 7.55. The van der Waals surface area contributed by atoms with Crippen LogP contribution in [0.1, 0.15) is 11.1 Å². The molecular weight excluding hydrogens is 244 g/mol. The van der Waals surface area contributed by atoms with Gasteiger partial charge < -0.3 is 0 Å². The van der Waals surface area contributed by atoms with Gasteiger partial charge in [-0.2, -0.15) is 0 Å². The van der Waals surface area contributed by atoms with Crippen LogP contribution < -0.4 is 10.4 Å². The molecule has 19 heavy (non-hydrogen) atoms. The molecule has 0 aromatic heterocycles. The molecule has 1 aliphatic heterocycles. The summed E-state index contributed by atoms with van der Waals surface area (Å²) in [4.78, 5) is 0. The van der Waals surface area contributed by atoms with Crippen LogP contribution >= 0.6 is 0 Å². The molecule has 0 N–H and O–H groups in total. The standard InChI is InChI=1S/C18H14Si/c1-5-13-8-10-17-16(11-13)15-9-7-14(6-2)12-18(15)19(17,3)4/h1-2,7-12H,3-4H3. The highest BCUT2D eigenvalue weighted by Gasteiger charge is 2.37. The average Bonchev–Trinajstić information content (AvgIpc) is 2.66. The molecular formula is C18H14Si. The molecule has 0 radical (unpaired) electrons. The topological polar surface area (TPSA) is 0 Å². The number of fused-ring (bicyclic) bond motifs is 3. The van der Waals surface area contributed by atoms with Crippen LogP contribution in [0.2, 0.25) is 13.1 Å². The third kappa shape index (κ3) is 1.56. The molecule has 0 fully saturated rings. The van der Waals surface area contributed by atoms with Crippen molar-refractivity contribution in [3.05, 3.63) is 47.5 Å². The van der Waals surface area contributed by atoms with E-state index in [0.717, 1.165) is 11.1 Å². The second-order valence-corrected chi connectivity index (χ2v) is 9.76. The van der Waals surface area contributed by atoms with Crippen molar-refractivity contribution in [2.24, 2.45) is 0 Å². The Balaban J connectivity index is 2.35. The Bertz CT molecular complexity index is 767. The van der Waals surface area contributed by atoms with Crippen molar-refractivity contribution < 1.29 is 0 Å². The van der Waals surface area contributed by atoms with Crippen molar-refractivity contribution >= 4 is 18.4 Å². The summed E-state index contributed by atoms with van der Waals surface area (Å²) in [7, 11) is -1.63. The molecule has 2 aromatic rings. The SMILES string of the molecule is C#Cc1ccc2c(c1)-c1ccc(C#C)cc1[Si]2(C)C. The third-order valence-electron chi connectivity index (χ3n) is 4.01. The van der Waals surface area contributed by atoms with E-state index < -0.39 is 8.07 Å². The van der Waals surface area contributed by atoms with E-state index in [1.54, 1.807) is 0 Å². The lowest BCUT2D eigenvalue weighted by molar-refractivity contribution is 1.65. The Kier molecular flexibility index (Phi) is 2.42. The second-order valence-electron chi connectivity index (χ2n) is 5.43. The Labute approximate surface area is 115 Å². The van der Waals surface area contributed by atoms with Crippen molar-refractivity contribution in [3.8, 4) is 35.8 Å². The van der Waals surface area contributed by atoms with Gasteiger partial charge in [0.1, 0.15) is 8.07 Å². The van der Waals surface area contributed by atoms with E-state index in [1.165, 1.54) is 21.5 Å². The van der Waals surface area contributed by atoms with Crippen LogP contribution in [0.3, 0.4) is 0 Å². The van der Waals surface area contributed by atoms with Crippen molar-refractivity contribution in [1.82, 2.24) is 0 Å². The van der Waals surface area contributed by atoms with E-state index >= 15 is 0 Å². The van der Waals surface area contributed by atoms with Crippen molar-refractivity contribution in [1.29, 1.82) is 0 Å². The number of hydrogen-bond donors (Lipinski definition) is 0. The van der Waals surface area contributed by atoms with Gasteiger partial charge >= 0.3 is 0 Å². The minimum absolute atomic E-state index is 0.942. The van der Waals surface area contributed by atoms with Crippen molar-refractivity contribution in [2.45, 2.75) is 13.1 Å². The van der Waals surface area contributed by atoms with Gasteiger partial charge in [-0.15, -0.1) is 12.8 Å². The van der Waals surface area contributed by atoms with Gasteiger partial charge in [-0.05, 0) is 45.8 Å². The highest BCUT2D eigenvalue weighted by Crippen LogP contribution is 2.29. The highest BCUT2D eigenvalue weighted by atomic mass is 28.3. The molecule has 1 aliphatic rings. The molecule has 0 atom stereocenters. The van der Waals surface area contributed by atoms with E-state index in [-0.39, 0.29) is 0 Å². The lowest BCUT2D eigenvalue weighted by Gasteiger charge is -2.18. The van der Waals surface area contributed by atoms with Gasteiger partial charge in [0.25, 0.3) is 0 Å². The van der Waals surface area contributed by atoms with E-state index in [9.17, 15) is 0 Å². The van der Waals surface area contributed by atoms with E-state index in [1.807, 2.05) is 12.1 Å². The second kappa shape index (κ2) is 3.89. The molecule has 0 nitrogen and oxygen atoms in total. The summed E-state index contributed by atoms with van der Waals surface area (Å²) < 4.78 is 0. The lowest BCUT2D eigenvalue weighted by Crippen LogP contribution is -2.49. The largest absolute Gasteiger partial charge is 0.115 e. The molecule has 0 saturated heterocycles. The first-order valence-corrected chi connectivity index (χ1v) is 9.30. The Morgan fingerprint density at radius 1 is 0.789 bits per heavy atom. The predicted molar refractivity (Wildman–Crippen MR) is 84.5 cm³/mol. The van der Waals surface area contributed by atoms with Crippen LogP contribution in [-0.2, 0) is 0 Å². The van der Waals surface area contributed by atoms with Crippen LogP contribution in [0.15, 0.2) is 36.4 Å². The van der Waals surface area contributed by atoms with Gasteiger partial charge in [0.15, 0.2) is 0 Å². The first-order valence-electron chi connectivity index (χ1n) is 6.30. The molecule has 0 unspecified atom stereocenters. The van der Waals surface area contributed by atoms with Crippen LogP contribution in [0, 0.1) is 24.7 Å². The number of rotatable bonds is 0. The highest BCUT2D eigenvalue weighted by molar-refractivity contribution is 7.03. The number of benzene rings is 2. The van der Waals surface area contributed by atoms with Crippen LogP contribution in [0.4, 0.5) is 0 Å². The summed E-state index contributed by atoms with van der Waals surface area (Å²) in [5, 5.41) is 2.88. The summed E-state index contributed by atoms with van der Waals surface area (Å²) in [5.41, 5.74) is 4.51. The van der Waals surface area contributed by atoms with Crippen molar-refractivity contribution in [2.75, 3.05) is 0 Å². The zero-order valence-corrected chi connectivity index (χ0v) is 12.1. The fraction of sp³-hybridized carbons (Fsp3) is 0.111. The van der Waals surface area contributed by atoms with Gasteiger partial charge in [0.2, 0.25) is 0 Å². The molecule has 1 heteroatoms. The summed E-state index contributed by atoms with van der Waals surface area (Å²) in [6, 6.07) is 12.7. The quantitative estimate of drug-likeness (QED) is 0.503. The van der Waals surface area contributed by atoms with Crippen molar-refractivity contribution in [3.63, 3.8) is 0 Å². The Hall–Kier alpha value is -2.22. The summed E-state index contributed by atoms with van der Waals surface area (Å²) >= 11 is 0. The molecule has 0 spiro atoms. The van der Waals surface area contributed by atoms with Gasteiger partial charge in [-0.25, -0.2) is 0 Å². The first kappa shape index (κ1) is 11.8. The summed E-state index contributed by atoms with van der Waals surface area (Å²) in [6.45, 7) is 4.74. The van der Waals surface area contributed by atoms with Gasteiger partial charge in [0.05, 0.1) is 0 Å². The average molecular weight is 258 g/mol. The molecule has 2 aromatic carbocycles. The monoisotopic (exact) mass is 258 g/mol. The molecule has 0 saturated carbocycles. The maximum atomic E-state index is 5.52. The van der Waals surface area contributed by atoms with Crippen LogP contribution in [0.5, 0.6) is 0 Å². The number of hydrogen-bond acceptors (Lipinski definition) is 0. The van der Waals surface area contributed by atoms with Gasteiger partial charge in [-0.3, -0.25) is 0 Å². The van der Waals surface area contributed by atoms with E-state index in [0.29, 0.717) is 0 Å². The summed E-state index contributed by atoms with van der Waals surface area (Å²) in [5.74, 6) is 5.45. The number of terminal acetylenes is 2. The fourth-order valence-corrected chi connectivity index (χ4v) is 6.01. The summed E-state index contributed by atoms with van der Waals surface area (Å²) in [6.07, 6.45) is 11.0. The maximum Gasteiger partial charge on any atom is 0.113 e. The van der Waals surface area contributed by atoms with Gasteiger partial charge in [0, 0.05) is 11.1 Å². The smallest absolute Gasteiger partial charge is 0.113 e. The Morgan fingerprint density at radius 2 is 1.42 bits per heavy atom. The minimum atomic E-state index is -1.63. The maximum absolute atomic E-state index is 5.52. The first-order chi connectivity index (χ1) is 9.07. The van der Waals surface area contributed by atoms with Gasteiger partial charge in [-0.1, -0.05) is 37.1 Å². The minimum Gasteiger partial charge on any atom is -0.115 e. The molecule has 1 heterocycles. The van der Waals surface area contributed by atoms with Crippen LogP contribution in [0.25, 0.3) is 11.1 Å². The van der Waals surface area contributed by atoms with Crippen LogP contribution in [-0.4, -0.2) is 8.07 Å². The molecule has 0 amide bonds. The molecule has 3 rings (SSSR count). The zero-order valence-electron chi connectivity index (χ0n) is 11.1. The lowest BCUT2D eigenvalue weighted by atomic mass is 10.0. The molecule has 0 bridgehead atoms. The molecule has 0 aliphatic carbocycles. The Morgan fingerprint density at radius 3 is 2.11 bits per heavy atom. The molecule has 90 valence electrons. The van der Waals surface area contributed by atoms with E-state index in [4.69, 9.17) is 12.8 Å². The normalized spacial score (nSPS) is 14.1. The zero-order chi connectivity index (χ0) is 13.6. The predicted octanol–water partition coefficient (Wildman–Crippen LogP) is 2.45.